The van der Waals surface area contributed by atoms with E-state index in [2.05, 4.69) is 0 Å². The van der Waals surface area contributed by atoms with Crippen LogP contribution in [0.25, 0.3) is 0 Å². The molecule has 3 heteroatoms. The number of Topliss-reactive ketones (excluding diaryl/α,β-unsaturated/α-hetero) is 1. The Balaban J connectivity index is 2.59. The summed E-state index contributed by atoms with van der Waals surface area (Å²) < 4.78 is 5.02. The molecule has 1 rings (SSSR count). The number of esters is 1. The Morgan fingerprint density at radius 3 is 2.54 bits per heavy atom. The Kier molecular flexibility index (Phi) is 3.07. The summed E-state index contributed by atoms with van der Waals surface area (Å²) in [6.07, 6.45) is 1.21. The van der Waals surface area contributed by atoms with Crippen LogP contribution in [0.1, 0.15) is 33.6 Å². The van der Waals surface area contributed by atoms with Crippen molar-refractivity contribution in [2.24, 2.45) is 11.8 Å². The third-order valence-electron chi connectivity index (χ3n) is 2.37. The van der Waals surface area contributed by atoms with Crippen molar-refractivity contribution < 1.29 is 14.3 Å². The lowest BCUT2D eigenvalue weighted by atomic mass is 9.98. The molecule has 1 fully saturated rings. The van der Waals surface area contributed by atoms with Crippen molar-refractivity contribution in [2.75, 3.05) is 0 Å². The SMILES string of the molecule is CC(C)OC(=O)[C@H]1C(=O)CCC1C. The first-order valence-electron chi connectivity index (χ1n) is 4.75. The molecule has 1 aliphatic carbocycles. The Morgan fingerprint density at radius 1 is 1.54 bits per heavy atom. The standard InChI is InChI=1S/C10H16O3/c1-6(2)13-10(12)9-7(3)4-5-8(9)11/h6-7,9H,4-5H2,1-3H3/t7?,9-/m1/s1. The lowest BCUT2D eigenvalue weighted by molar-refractivity contribution is -0.155. The zero-order valence-corrected chi connectivity index (χ0v) is 8.37. The van der Waals surface area contributed by atoms with E-state index in [0.717, 1.165) is 6.42 Å². The van der Waals surface area contributed by atoms with Crippen LogP contribution in [0.15, 0.2) is 0 Å². The lowest BCUT2D eigenvalue weighted by Crippen LogP contribution is -2.27. The molecule has 0 spiro atoms. The van der Waals surface area contributed by atoms with Crippen molar-refractivity contribution >= 4 is 11.8 Å². The minimum Gasteiger partial charge on any atom is -0.462 e. The number of carbonyl (C=O) groups excluding carboxylic acids is 2. The highest BCUT2D eigenvalue weighted by molar-refractivity contribution is 6.00. The van der Waals surface area contributed by atoms with Gasteiger partial charge in [0.15, 0.2) is 0 Å². The summed E-state index contributed by atoms with van der Waals surface area (Å²) in [4.78, 5) is 22.7. The molecule has 1 unspecified atom stereocenters. The molecule has 13 heavy (non-hydrogen) atoms. The van der Waals surface area contributed by atoms with Gasteiger partial charge in [0.05, 0.1) is 6.10 Å². The van der Waals surface area contributed by atoms with Crippen molar-refractivity contribution in [1.29, 1.82) is 0 Å². The van der Waals surface area contributed by atoms with E-state index in [4.69, 9.17) is 4.74 Å². The number of hydrogen-bond acceptors (Lipinski definition) is 3. The second-order valence-electron chi connectivity index (χ2n) is 3.95. The summed E-state index contributed by atoms with van der Waals surface area (Å²) in [5.41, 5.74) is 0. The second-order valence-corrected chi connectivity index (χ2v) is 3.95. The van der Waals surface area contributed by atoms with E-state index in [-0.39, 0.29) is 23.8 Å². The smallest absolute Gasteiger partial charge is 0.317 e. The summed E-state index contributed by atoms with van der Waals surface area (Å²) in [5, 5.41) is 0. The minimum atomic E-state index is -0.498. The maximum atomic E-state index is 11.4. The van der Waals surface area contributed by atoms with Gasteiger partial charge in [0.1, 0.15) is 11.7 Å². The van der Waals surface area contributed by atoms with Crippen molar-refractivity contribution in [3.63, 3.8) is 0 Å². The van der Waals surface area contributed by atoms with Gasteiger partial charge in [-0.05, 0) is 26.2 Å². The predicted molar refractivity (Wildman–Crippen MR) is 48.1 cm³/mol. The Hall–Kier alpha value is -0.860. The molecule has 1 saturated carbocycles. The molecular weight excluding hydrogens is 168 g/mol. The summed E-state index contributed by atoms with van der Waals surface area (Å²) in [5.74, 6) is -0.649. The third kappa shape index (κ3) is 2.29. The fourth-order valence-electron chi connectivity index (χ4n) is 1.68. The van der Waals surface area contributed by atoms with Crippen LogP contribution in [0, 0.1) is 11.8 Å². The van der Waals surface area contributed by atoms with Crippen molar-refractivity contribution in [3.05, 3.63) is 0 Å². The van der Waals surface area contributed by atoms with Crippen LogP contribution < -0.4 is 0 Å². The Labute approximate surface area is 78.5 Å². The quantitative estimate of drug-likeness (QED) is 0.483. The molecule has 0 aliphatic heterocycles. The van der Waals surface area contributed by atoms with Crippen LogP contribution in [-0.2, 0) is 14.3 Å². The largest absolute Gasteiger partial charge is 0.462 e. The van der Waals surface area contributed by atoms with Crippen LogP contribution in [-0.4, -0.2) is 17.9 Å². The van der Waals surface area contributed by atoms with Gasteiger partial charge in [-0.25, -0.2) is 0 Å². The average Bonchev–Trinajstić information content (AvgIpc) is 2.29. The molecule has 2 atom stereocenters. The number of carbonyl (C=O) groups is 2. The van der Waals surface area contributed by atoms with Gasteiger partial charge < -0.3 is 4.74 Å². The lowest BCUT2D eigenvalue weighted by Gasteiger charge is -2.14. The van der Waals surface area contributed by atoms with Gasteiger partial charge in [0.25, 0.3) is 0 Å². The van der Waals surface area contributed by atoms with E-state index in [1.165, 1.54) is 0 Å². The number of ether oxygens (including phenoxy) is 1. The minimum absolute atomic E-state index is 0.0400. The average molecular weight is 184 g/mol. The maximum Gasteiger partial charge on any atom is 0.317 e. The fourth-order valence-corrected chi connectivity index (χ4v) is 1.68. The number of hydrogen-bond donors (Lipinski definition) is 0. The summed E-state index contributed by atoms with van der Waals surface area (Å²) >= 11 is 0. The molecule has 1 aliphatic rings. The van der Waals surface area contributed by atoms with E-state index < -0.39 is 5.92 Å². The topological polar surface area (TPSA) is 43.4 Å². The van der Waals surface area contributed by atoms with Crippen molar-refractivity contribution in [1.82, 2.24) is 0 Å². The van der Waals surface area contributed by atoms with Gasteiger partial charge >= 0.3 is 5.97 Å². The van der Waals surface area contributed by atoms with Gasteiger partial charge in [-0.1, -0.05) is 6.92 Å². The van der Waals surface area contributed by atoms with E-state index >= 15 is 0 Å². The van der Waals surface area contributed by atoms with Crippen LogP contribution in [0.5, 0.6) is 0 Å². The summed E-state index contributed by atoms with van der Waals surface area (Å²) in [6, 6.07) is 0. The molecule has 0 aromatic heterocycles. The molecule has 0 aromatic rings. The molecule has 3 nitrogen and oxygen atoms in total. The normalized spacial score (nSPS) is 28.2. The van der Waals surface area contributed by atoms with Gasteiger partial charge in [0, 0.05) is 6.42 Å². The molecule has 0 bridgehead atoms. The van der Waals surface area contributed by atoms with E-state index in [0.29, 0.717) is 6.42 Å². The van der Waals surface area contributed by atoms with E-state index in [1.54, 1.807) is 13.8 Å². The first-order valence-corrected chi connectivity index (χ1v) is 4.75. The van der Waals surface area contributed by atoms with Gasteiger partial charge in [-0.15, -0.1) is 0 Å². The highest BCUT2D eigenvalue weighted by Gasteiger charge is 2.38. The van der Waals surface area contributed by atoms with Gasteiger partial charge in [0.2, 0.25) is 0 Å². The first kappa shape index (κ1) is 10.2. The molecule has 0 radical (unpaired) electrons. The summed E-state index contributed by atoms with van der Waals surface area (Å²) in [6.45, 7) is 5.52. The molecular formula is C10H16O3. The highest BCUT2D eigenvalue weighted by Crippen LogP contribution is 2.29. The molecule has 0 heterocycles. The Morgan fingerprint density at radius 2 is 2.15 bits per heavy atom. The monoisotopic (exact) mass is 184 g/mol. The number of ketones is 1. The molecule has 0 saturated heterocycles. The van der Waals surface area contributed by atoms with Crippen molar-refractivity contribution in [2.45, 2.75) is 39.7 Å². The number of rotatable bonds is 2. The van der Waals surface area contributed by atoms with E-state index in [9.17, 15) is 9.59 Å². The predicted octanol–water partition coefficient (Wildman–Crippen LogP) is 1.55. The second kappa shape index (κ2) is 3.90. The zero-order valence-electron chi connectivity index (χ0n) is 8.37. The first-order chi connectivity index (χ1) is 6.02. The van der Waals surface area contributed by atoms with Crippen LogP contribution in [0.2, 0.25) is 0 Å². The molecule has 0 N–H and O–H groups in total. The summed E-state index contributed by atoms with van der Waals surface area (Å²) in [7, 11) is 0. The fraction of sp³-hybridized carbons (Fsp3) is 0.800. The van der Waals surface area contributed by atoms with Crippen LogP contribution in [0.4, 0.5) is 0 Å². The van der Waals surface area contributed by atoms with Crippen LogP contribution in [0.3, 0.4) is 0 Å². The third-order valence-corrected chi connectivity index (χ3v) is 2.37. The maximum absolute atomic E-state index is 11.4. The van der Waals surface area contributed by atoms with Crippen LogP contribution >= 0.6 is 0 Å². The molecule has 74 valence electrons. The highest BCUT2D eigenvalue weighted by atomic mass is 16.5. The van der Waals surface area contributed by atoms with E-state index in [1.807, 2.05) is 6.92 Å². The van der Waals surface area contributed by atoms with Gasteiger partial charge in [-0.2, -0.15) is 0 Å². The molecule has 0 aromatic carbocycles. The Bertz CT molecular complexity index is 220. The van der Waals surface area contributed by atoms with Crippen molar-refractivity contribution in [3.8, 4) is 0 Å². The van der Waals surface area contributed by atoms with Gasteiger partial charge in [-0.3, -0.25) is 9.59 Å². The zero-order chi connectivity index (χ0) is 10.0. The molecule has 0 amide bonds.